The van der Waals surface area contributed by atoms with Gasteiger partial charge in [0.25, 0.3) is 0 Å². The van der Waals surface area contributed by atoms with E-state index in [0.717, 1.165) is 29.9 Å². The Hall–Kier alpha value is -2.71. The molecule has 0 fully saturated rings. The Kier molecular flexibility index (Phi) is 6.86. The van der Waals surface area contributed by atoms with Crippen molar-refractivity contribution in [1.82, 2.24) is 13.9 Å². The number of rotatable bonds is 9. The van der Waals surface area contributed by atoms with Gasteiger partial charge >= 0.3 is 0 Å². The molecule has 3 aromatic rings. The molecule has 8 heteroatoms. The van der Waals surface area contributed by atoms with Gasteiger partial charge in [0.05, 0.1) is 15.9 Å². The first-order valence-electron chi connectivity index (χ1n) is 11.8. The molecule has 0 aliphatic heterocycles. The molecule has 1 aromatic heterocycles. The highest BCUT2D eigenvalue weighted by molar-refractivity contribution is 7.89. The zero-order valence-electron chi connectivity index (χ0n) is 19.6. The minimum absolute atomic E-state index is 0.0487. The maximum Gasteiger partial charge on any atom is 0.243 e. The van der Waals surface area contributed by atoms with Crippen molar-refractivity contribution in [3.05, 3.63) is 53.3 Å². The lowest BCUT2D eigenvalue weighted by Gasteiger charge is -2.18. The van der Waals surface area contributed by atoms with E-state index in [1.807, 2.05) is 37.5 Å². The summed E-state index contributed by atoms with van der Waals surface area (Å²) in [5.74, 6) is 0.737. The molecule has 1 amide bonds. The molecule has 1 heterocycles. The summed E-state index contributed by atoms with van der Waals surface area (Å²) in [4.78, 5) is 17.5. The highest BCUT2D eigenvalue weighted by Gasteiger charge is 2.23. The van der Waals surface area contributed by atoms with Gasteiger partial charge in [0.2, 0.25) is 15.9 Å². The Bertz CT molecular complexity index is 1280. The summed E-state index contributed by atoms with van der Waals surface area (Å²) in [5.41, 5.74) is 5.07. The molecular weight excluding hydrogens is 436 g/mol. The summed E-state index contributed by atoms with van der Waals surface area (Å²) < 4.78 is 29.3. The summed E-state index contributed by atoms with van der Waals surface area (Å²) in [6.45, 7) is 7.22. The molecule has 176 valence electrons. The molecule has 7 nitrogen and oxygen atoms in total. The minimum atomic E-state index is -3.55. The summed E-state index contributed by atoms with van der Waals surface area (Å²) in [7, 11) is -3.55. The molecule has 1 aliphatic rings. The summed E-state index contributed by atoms with van der Waals surface area (Å²) in [6, 6.07) is 11.3. The molecule has 0 bridgehead atoms. The van der Waals surface area contributed by atoms with E-state index in [2.05, 4.69) is 17.4 Å². The van der Waals surface area contributed by atoms with E-state index in [-0.39, 0.29) is 10.8 Å². The number of hydrogen-bond donors (Lipinski definition) is 1. The molecule has 2 aromatic carbocycles. The first kappa shape index (κ1) is 23.4. The van der Waals surface area contributed by atoms with Gasteiger partial charge < -0.3 is 9.88 Å². The Morgan fingerprint density at radius 3 is 2.55 bits per heavy atom. The molecule has 33 heavy (non-hydrogen) atoms. The number of anilines is 1. The molecule has 1 aliphatic carbocycles. The number of nitrogens with one attached hydrogen (secondary N) is 1. The van der Waals surface area contributed by atoms with Crippen LogP contribution in [0.5, 0.6) is 0 Å². The summed E-state index contributed by atoms with van der Waals surface area (Å²) >= 11 is 0. The zero-order chi connectivity index (χ0) is 23.6. The van der Waals surface area contributed by atoms with E-state index in [9.17, 15) is 13.2 Å². The molecule has 1 N–H and O–H groups in total. The highest BCUT2D eigenvalue weighted by atomic mass is 32.2. The van der Waals surface area contributed by atoms with Crippen LogP contribution in [-0.2, 0) is 40.6 Å². The van der Waals surface area contributed by atoms with Gasteiger partial charge in [-0.25, -0.2) is 13.4 Å². The third kappa shape index (κ3) is 4.68. The maximum atomic E-state index is 12.9. The van der Waals surface area contributed by atoms with E-state index in [0.29, 0.717) is 38.0 Å². The van der Waals surface area contributed by atoms with Crippen molar-refractivity contribution in [2.24, 2.45) is 0 Å². The predicted molar refractivity (Wildman–Crippen MR) is 131 cm³/mol. The number of hydrogen-bond acceptors (Lipinski definition) is 4. The Labute approximate surface area is 195 Å². The van der Waals surface area contributed by atoms with Crippen molar-refractivity contribution < 1.29 is 13.2 Å². The fourth-order valence-corrected chi connectivity index (χ4v) is 6.15. The topological polar surface area (TPSA) is 84.3 Å². The summed E-state index contributed by atoms with van der Waals surface area (Å²) in [6.07, 6.45) is 4.17. The van der Waals surface area contributed by atoms with Crippen LogP contribution in [0, 0.1) is 0 Å². The minimum Gasteiger partial charge on any atom is -0.328 e. The quantitative estimate of drug-likeness (QED) is 0.511. The molecule has 4 rings (SSSR count). The van der Waals surface area contributed by atoms with Gasteiger partial charge in [0, 0.05) is 38.2 Å². The van der Waals surface area contributed by atoms with Crippen LogP contribution >= 0.6 is 0 Å². The van der Waals surface area contributed by atoms with Gasteiger partial charge in [0.15, 0.2) is 0 Å². The number of aromatic nitrogens is 2. The number of sulfonamides is 1. The van der Waals surface area contributed by atoms with Gasteiger partial charge in [-0.15, -0.1) is 0 Å². The van der Waals surface area contributed by atoms with E-state index in [1.54, 1.807) is 12.1 Å². The van der Waals surface area contributed by atoms with Crippen LogP contribution in [0.1, 0.15) is 50.6 Å². The average Bonchev–Trinajstić information content (AvgIpc) is 3.41. The third-order valence-corrected chi connectivity index (χ3v) is 8.46. The number of fused-ring (bicyclic) bond motifs is 2. The van der Waals surface area contributed by atoms with E-state index >= 15 is 0 Å². The number of amides is 1. The number of carbonyl (C=O) groups excluding carboxylic acids is 1. The van der Waals surface area contributed by atoms with Gasteiger partial charge in [-0.1, -0.05) is 19.9 Å². The average molecular weight is 469 g/mol. The number of benzene rings is 2. The molecule has 0 spiro atoms. The van der Waals surface area contributed by atoms with Crippen LogP contribution in [0.4, 0.5) is 5.69 Å². The second kappa shape index (κ2) is 9.65. The van der Waals surface area contributed by atoms with E-state index in [1.165, 1.54) is 21.9 Å². The van der Waals surface area contributed by atoms with Crippen molar-refractivity contribution in [2.45, 2.75) is 64.3 Å². The first-order chi connectivity index (χ1) is 15.9. The van der Waals surface area contributed by atoms with Crippen LogP contribution in [0.25, 0.3) is 11.0 Å². The largest absolute Gasteiger partial charge is 0.328 e. The SMILES string of the molecule is CCN(CC)S(=O)(=O)c1ccc2c(c1)nc(CCC(=O)Nc1ccc3c(c1)CCC3)n2CC. The Balaban J connectivity index is 1.51. The molecule has 0 saturated heterocycles. The molecule has 0 saturated carbocycles. The fraction of sp³-hybridized carbons (Fsp3) is 0.440. The third-order valence-electron chi connectivity index (χ3n) is 6.42. The maximum absolute atomic E-state index is 12.9. The highest BCUT2D eigenvalue weighted by Crippen LogP contribution is 2.26. The lowest BCUT2D eigenvalue weighted by molar-refractivity contribution is -0.116. The van der Waals surface area contributed by atoms with Crippen molar-refractivity contribution in [3.8, 4) is 0 Å². The fourth-order valence-electron chi connectivity index (χ4n) is 4.67. The summed E-state index contributed by atoms with van der Waals surface area (Å²) in [5, 5.41) is 3.01. The smallest absolute Gasteiger partial charge is 0.243 e. The van der Waals surface area contributed by atoms with E-state index in [4.69, 9.17) is 4.98 Å². The monoisotopic (exact) mass is 468 g/mol. The predicted octanol–water partition coefficient (Wildman–Crippen LogP) is 4.15. The van der Waals surface area contributed by atoms with Crippen LogP contribution in [0.3, 0.4) is 0 Å². The van der Waals surface area contributed by atoms with Crippen LogP contribution in [0.15, 0.2) is 41.3 Å². The lowest BCUT2D eigenvalue weighted by Crippen LogP contribution is -2.30. The van der Waals surface area contributed by atoms with Crippen molar-refractivity contribution in [3.63, 3.8) is 0 Å². The molecular formula is C25H32N4O3S. The zero-order valence-corrected chi connectivity index (χ0v) is 20.4. The van der Waals surface area contributed by atoms with Crippen LogP contribution in [0.2, 0.25) is 0 Å². The van der Waals surface area contributed by atoms with E-state index < -0.39 is 10.0 Å². The van der Waals surface area contributed by atoms with Crippen molar-refractivity contribution >= 4 is 32.7 Å². The van der Waals surface area contributed by atoms with Gasteiger partial charge in [-0.3, -0.25) is 4.79 Å². The number of aryl methyl sites for hydroxylation is 4. The second-order valence-electron chi connectivity index (χ2n) is 8.40. The second-order valence-corrected chi connectivity index (χ2v) is 10.3. The Morgan fingerprint density at radius 1 is 1.06 bits per heavy atom. The van der Waals surface area contributed by atoms with Crippen LogP contribution < -0.4 is 5.32 Å². The lowest BCUT2D eigenvalue weighted by atomic mass is 10.1. The number of carbonyl (C=O) groups is 1. The van der Waals surface area contributed by atoms with Crippen molar-refractivity contribution in [1.29, 1.82) is 0 Å². The molecule has 0 unspecified atom stereocenters. The first-order valence-corrected chi connectivity index (χ1v) is 13.2. The van der Waals surface area contributed by atoms with Gasteiger partial charge in [-0.05, 0) is 67.6 Å². The van der Waals surface area contributed by atoms with Crippen LogP contribution in [-0.4, -0.2) is 41.3 Å². The standard InChI is InChI=1S/C25H32N4O3S/c1-4-28(5-2)33(31,32)21-12-13-23-22(17-21)27-24(29(23)6-3)14-15-25(30)26-20-11-10-18-8-7-9-19(18)16-20/h10-13,16-17H,4-9,14-15H2,1-3H3,(H,26,30). The molecule has 0 radical (unpaired) electrons. The van der Waals surface area contributed by atoms with Crippen molar-refractivity contribution in [2.75, 3.05) is 18.4 Å². The van der Waals surface area contributed by atoms with Gasteiger partial charge in [0.1, 0.15) is 5.82 Å². The number of nitrogens with zero attached hydrogens (tertiary/aromatic N) is 3. The van der Waals surface area contributed by atoms with Gasteiger partial charge in [-0.2, -0.15) is 4.31 Å². The Morgan fingerprint density at radius 2 is 1.82 bits per heavy atom. The molecule has 0 atom stereocenters. The number of imidazole rings is 1. The normalized spacial score (nSPS) is 13.6.